The molecule has 0 aliphatic rings. The molecule has 40 heavy (non-hydrogen) atoms. The number of hydrogen-bond donors (Lipinski definition) is 0. The summed E-state index contributed by atoms with van der Waals surface area (Å²) in [4.78, 5) is 0. The van der Waals surface area contributed by atoms with Crippen LogP contribution in [0, 0.1) is 0 Å². The van der Waals surface area contributed by atoms with Crippen molar-refractivity contribution in [1.29, 1.82) is 0 Å². The molecular weight excluding hydrogens is 488 g/mol. The maximum atomic E-state index is 9.40. The molecule has 2 nitrogen and oxygen atoms in total. The van der Waals surface area contributed by atoms with Gasteiger partial charge in [0.15, 0.2) is 0 Å². The van der Waals surface area contributed by atoms with E-state index in [-0.39, 0.29) is 38.2 Å². The minimum atomic E-state index is -0.751. The molecule has 2 heterocycles. The van der Waals surface area contributed by atoms with Crippen LogP contribution in [0.1, 0.15) is 20.6 Å². The zero-order chi connectivity index (χ0) is 39.3. The number of furan rings is 2. The van der Waals surface area contributed by atoms with Crippen LogP contribution in [-0.4, -0.2) is 0 Å². The second-order valence-electron chi connectivity index (χ2n) is 9.31. The molecule has 0 bridgehead atoms. The van der Waals surface area contributed by atoms with Crippen molar-refractivity contribution in [2.45, 2.75) is 0 Å². The Morgan fingerprint density at radius 3 is 2.00 bits per heavy atom. The molecule has 2 aromatic heterocycles. The van der Waals surface area contributed by atoms with E-state index >= 15 is 0 Å². The van der Waals surface area contributed by atoms with Crippen molar-refractivity contribution in [2.24, 2.45) is 0 Å². The predicted octanol–water partition coefficient (Wildman–Crippen LogP) is 11.1. The molecule has 0 saturated carbocycles. The normalized spacial score (nSPS) is 17.2. The topological polar surface area (TPSA) is 26.3 Å². The second-order valence-corrected chi connectivity index (χ2v) is 9.31. The largest absolute Gasteiger partial charge is 0.464 e. The third-order valence-electron chi connectivity index (χ3n) is 7.22. The van der Waals surface area contributed by atoms with Gasteiger partial charge in [-0.25, -0.2) is 0 Å². The van der Waals surface area contributed by atoms with Crippen LogP contribution in [-0.2, 0) is 0 Å². The lowest BCUT2D eigenvalue weighted by Gasteiger charge is -2.18. The van der Waals surface area contributed by atoms with Gasteiger partial charge >= 0.3 is 0 Å². The summed E-state index contributed by atoms with van der Waals surface area (Å²) < 4.78 is 146. The van der Waals surface area contributed by atoms with Crippen LogP contribution in [0.3, 0.4) is 0 Å². The zero-order valence-corrected chi connectivity index (χ0v) is 20.4. The maximum Gasteiger partial charge on any atom is 0.146 e. The lowest BCUT2D eigenvalue weighted by atomic mass is 9.84. The molecule has 9 aromatic rings. The van der Waals surface area contributed by atoms with Crippen LogP contribution >= 0.6 is 0 Å². The summed E-state index contributed by atoms with van der Waals surface area (Å²) in [6, 6.07) is 0.208. The predicted molar refractivity (Wildman–Crippen MR) is 167 cm³/mol. The SMILES string of the molecule is [2H]c1c([2H])c([2H])c2c([2H])c(-c3c4c([2H])c([2H])c([2H])c([2H])c4c(-c4cc5oc6ccccc6c5c5occc45)c4c([2H])c([2H])c([2H])c([2H])c34)c([2H])c([2H])c2c1[2H]. The summed E-state index contributed by atoms with van der Waals surface area (Å²) in [5, 5.41) is -0.215. The van der Waals surface area contributed by atoms with Gasteiger partial charge in [-0.2, -0.15) is 0 Å². The molecule has 0 N–H and O–H groups in total. The summed E-state index contributed by atoms with van der Waals surface area (Å²) in [5.41, 5.74) is 0.474. The minimum absolute atomic E-state index is 0.0339. The Kier molecular flexibility index (Phi) is 2.39. The highest BCUT2D eigenvalue weighted by molar-refractivity contribution is 6.27. The number of benzene rings is 7. The van der Waals surface area contributed by atoms with E-state index in [0.717, 1.165) is 5.39 Å². The molecule has 0 saturated heterocycles. The van der Waals surface area contributed by atoms with Crippen molar-refractivity contribution in [3.8, 4) is 22.3 Å². The molecular formula is C38H22O2. The molecule has 0 atom stereocenters. The van der Waals surface area contributed by atoms with E-state index in [4.69, 9.17) is 21.2 Å². The molecule has 7 aromatic carbocycles. The summed E-state index contributed by atoms with van der Waals surface area (Å²) >= 11 is 0. The van der Waals surface area contributed by atoms with Crippen molar-refractivity contribution in [1.82, 2.24) is 0 Å². The Morgan fingerprint density at radius 1 is 0.550 bits per heavy atom. The van der Waals surface area contributed by atoms with Gasteiger partial charge in [0.25, 0.3) is 0 Å². The first-order chi connectivity index (χ1) is 26.1. The molecule has 0 spiro atoms. The van der Waals surface area contributed by atoms with Gasteiger partial charge in [-0.3, -0.25) is 0 Å². The van der Waals surface area contributed by atoms with Gasteiger partial charge in [-0.1, -0.05) is 103 Å². The Morgan fingerprint density at radius 2 is 1.23 bits per heavy atom. The third kappa shape index (κ3) is 2.93. The molecule has 186 valence electrons. The third-order valence-corrected chi connectivity index (χ3v) is 7.22. The molecule has 9 rings (SSSR count). The molecule has 0 aliphatic heterocycles. The average molecular weight is 526 g/mol. The van der Waals surface area contributed by atoms with Gasteiger partial charge in [0.1, 0.15) is 16.7 Å². The van der Waals surface area contributed by atoms with E-state index in [0.29, 0.717) is 27.5 Å². The standard InChI is InChI=1S/C38H22O2/c1-2-10-24-21-25(18-17-23(24)9-1)35-26-11-3-5-13-28(26)36(29-14-6-4-12-27(29)35)32-22-34-37(38-30(32)19-20-39-38)31-15-7-8-16-33(31)40-34/h1-22H/i1D,2D,3D,4D,5D,6D,9D,10D,11D,12D,13D,14D,17D,18D,21D. The quantitative estimate of drug-likeness (QED) is 0.210. The zero-order valence-electron chi connectivity index (χ0n) is 35.4. The summed E-state index contributed by atoms with van der Waals surface area (Å²) in [6.07, 6.45) is 1.42. The van der Waals surface area contributed by atoms with Crippen LogP contribution in [0.25, 0.3) is 87.5 Å². The van der Waals surface area contributed by atoms with Crippen LogP contribution in [0.5, 0.6) is 0 Å². The first kappa shape index (κ1) is 11.8. The highest BCUT2D eigenvalue weighted by Gasteiger charge is 2.22. The lowest BCUT2D eigenvalue weighted by Crippen LogP contribution is -1.91. The fraction of sp³-hybridized carbons (Fsp3) is 0. The van der Waals surface area contributed by atoms with E-state index in [1.807, 2.05) is 12.1 Å². The molecule has 0 fully saturated rings. The smallest absolute Gasteiger partial charge is 0.146 e. The highest BCUT2D eigenvalue weighted by atomic mass is 16.3. The summed E-state index contributed by atoms with van der Waals surface area (Å²) in [7, 11) is 0. The van der Waals surface area contributed by atoms with Crippen molar-refractivity contribution in [3.63, 3.8) is 0 Å². The van der Waals surface area contributed by atoms with Crippen molar-refractivity contribution >= 4 is 65.2 Å². The monoisotopic (exact) mass is 525 g/mol. The lowest BCUT2D eigenvalue weighted by molar-refractivity contribution is 0.618. The Hall–Kier alpha value is -5.34. The van der Waals surface area contributed by atoms with Crippen LogP contribution in [0.15, 0.2) is 142 Å². The number of fused-ring (bicyclic) bond motifs is 8. The number of rotatable bonds is 2. The van der Waals surface area contributed by atoms with Gasteiger partial charge in [0, 0.05) is 10.8 Å². The molecule has 0 amide bonds. The molecule has 2 heteroatoms. The van der Waals surface area contributed by atoms with Crippen molar-refractivity contribution in [3.05, 3.63) is 133 Å². The second kappa shape index (κ2) is 8.08. The first-order valence-electron chi connectivity index (χ1n) is 19.9. The number of hydrogen-bond acceptors (Lipinski definition) is 2. The van der Waals surface area contributed by atoms with Gasteiger partial charge in [0.05, 0.1) is 32.2 Å². The van der Waals surface area contributed by atoms with Crippen LogP contribution < -0.4 is 0 Å². The van der Waals surface area contributed by atoms with E-state index in [1.54, 1.807) is 24.3 Å². The molecule has 0 unspecified atom stereocenters. The van der Waals surface area contributed by atoms with Gasteiger partial charge < -0.3 is 8.83 Å². The summed E-state index contributed by atoms with van der Waals surface area (Å²) in [6.45, 7) is 0. The number of para-hydroxylation sites is 1. The van der Waals surface area contributed by atoms with E-state index in [2.05, 4.69) is 0 Å². The highest BCUT2D eigenvalue weighted by Crippen LogP contribution is 2.48. The van der Waals surface area contributed by atoms with Gasteiger partial charge in [-0.15, -0.1) is 0 Å². The van der Waals surface area contributed by atoms with E-state index in [1.165, 1.54) is 6.26 Å². The van der Waals surface area contributed by atoms with Crippen LogP contribution in [0.2, 0.25) is 0 Å². The first-order valence-corrected chi connectivity index (χ1v) is 12.4. The minimum Gasteiger partial charge on any atom is -0.464 e. The van der Waals surface area contributed by atoms with E-state index in [9.17, 15) is 8.22 Å². The fourth-order valence-electron chi connectivity index (χ4n) is 5.58. The maximum absolute atomic E-state index is 9.40. The molecule has 0 radical (unpaired) electrons. The Balaban J connectivity index is 1.62. The Bertz CT molecular complexity index is 3190. The fourth-order valence-corrected chi connectivity index (χ4v) is 5.58. The average Bonchev–Trinajstić information content (AvgIpc) is 3.81. The van der Waals surface area contributed by atoms with Gasteiger partial charge in [-0.05, 0) is 78.8 Å². The van der Waals surface area contributed by atoms with Crippen molar-refractivity contribution in [2.75, 3.05) is 0 Å². The van der Waals surface area contributed by atoms with Gasteiger partial charge in [0.2, 0.25) is 0 Å². The Labute approximate surface area is 250 Å². The van der Waals surface area contributed by atoms with E-state index < -0.39 is 107 Å². The van der Waals surface area contributed by atoms with Crippen molar-refractivity contribution < 1.29 is 29.4 Å². The molecule has 0 aliphatic carbocycles. The summed E-state index contributed by atoms with van der Waals surface area (Å²) in [5.74, 6) is 0. The van der Waals surface area contributed by atoms with Crippen LogP contribution in [0.4, 0.5) is 0 Å².